The molecule has 7 heteroatoms. The summed E-state index contributed by atoms with van der Waals surface area (Å²) in [6, 6.07) is 1.86. The van der Waals surface area contributed by atoms with Crippen LogP contribution in [0.25, 0.3) is 0 Å². The van der Waals surface area contributed by atoms with E-state index in [2.05, 4.69) is 11.4 Å². The van der Waals surface area contributed by atoms with Gasteiger partial charge in [-0.3, -0.25) is 9.69 Å². The first kappa shape index (κ1) is 17.2. The van der Waals surface area contributed by atoms with Gasteiger partial charge in [0.2, 0.25) is 0 Å². The summed E-state index contributed by atoms with van der Waals surface area (Å²) >= 11 is 0. The van der Waals surface area contributed by atoms with Crippen LogP contribution in [0.5, 0.6) is 0 Å². The van der Waals surface area contributed by atoms with Gasteiger partial charge in [0.05, 0.1) is 12.6 Å². The van der Waals surface area contributed by atoms with E-state index in [1.165, 1.54) is 0 Å². The second-order valence-electron chi connectivity index (χ2n) is 6.39. The molecule has 1 rings (SSSR count). The van der Waals surface area contributed by atoms with Crippen molar-refractivity contribution in [1.29, 1.82) is 5.26 Å². The molecule has 7 nitrogen and oxygen atoms in total. The van der Waals surface area contributed by atoms with Gasteiger partial charge >= 0.3 is 12.1 Å². The number of carbonyl (C=O) groups excluding carboxylic acids is 1. The Bertz CT molecular complexity index is 425. The van der Waals surface area contributed by atoms with Crippen LogP contribution >= 0.6 is 0 Å². The van der Waals surface area contributed by atoms with Crippen LogP contribution in [0.3, 0.4) is 0 Å². The van der Waals surface area contributed by atoms with E-state index in [9.17, 15) is 9.59 Å². The molecule has 1 saturated heterocycles. The minimum absolute atomic E-state index is 0.0361. The standard InChI is InChI=1S/C14H23N3O4/c1-14(2,3)21-13(20)16-11-6-10(7-12(18)19)8-17(9-11)5-4-15/h10-11H,5-9H2,1-3H3,(H,16,20)(H,18,19). The summed E-state index contributed by atoms with van der Waals surface area (Å²) in [5, 5.41) is 20.5. The molecule has 0 radical (unpaired) electrons. The zero-order chi connectivity index (χ0) is 16.0. The highest BCUT2D eigenvalue weighted by Gasteiger charge is 2.30. The van der Waals surface area contributed by atoms with Gasteiger partial charge in [0.15, 0.2) is 0 Å². The molecule has 1 heterocycles. The Morgan fingerprint density at radius 3 is 2.62 bits per heavy atom. The van der Waals surface area contributed by atoms with Crippen molar-refractivity contribution in [3.8, 4) is 6.07 Å². The van der Waals surface area contributed by atoms with Crippen molar-refractivity contribution >= 4 is 12.1 Å². The average molecular weight is 297 g/mol. The molecule has 2 atom stereocenters. The molecule has 1 aliphatic heterocycles. The molecule has 0 saturated carbocycles. The van der Waals surface area contributed by atoms with Gasteiger partial charge < -0.3 is 15.2 Å². The lowest BCUT2D eigenvalue weighted by atomic mass is 9.91. The number of likely N-dealkylation sites (tertiary alicyclic amines) is 1. The van der Waals surface area contributed by atoms with Crippen molar-refractivity contribution in [3.05, 3.63) is 0 Å². The zero-order valence-electron chi connectivity index (χ0n) is 12.8. The van der Waals surface area contributed by atoms with Gasteiger partial charge in [-0.05, 0) is 33.1 Å². The Morgan fingerprint density at radius 2 is 2.10 bits per heavy atom. The van der Waals surface area contributed by atoms with Crippen LogP contribution in [0.15, 0.2) is 0 Å². The van der Waals surface area contributed by atoms with Gasteiger partial charge in [-0.25, -0.2) is 4.79 Å². The van der Waals surface area contributed by atoms with Crippen LogP contribution in [0.4, 0.5) is 4.79 Å². The van der Waals surface area contributed by atoms with E-state index in [1.54, 1.807) is 20.8 Å². The molecule has 2 N–H and O–H groups in total. The molecule has 1 fully saturated rings. The SMILES string of the molecule is CC(C)(C)OC(=O)NC1CC(CC(=O)O)CN(CC#N)C1. The molecule has 0 aromatic rings. The maximum absolute atomic E-state index is 11.8. The fourth-order valence-corrected chi connectivity index (χ4v) is 2.51. The first-order chi connectivity index (χ1) is 9.69. The number of hydrogen-bond donors (Lipinski definition) is 2. The summed E-state index contributed by atoms with van der Waals surface area (Å²) in [6.45, 7) is 6.66. The van der Waals surface area contributed by atoms with Crippen molar-refractivity contribution in [2.45, 2.75) is 45.3 Å². The van der Waals surface area contributed by atoms with E-state index in [1.807, 2.05) is 4.90 Å². The predicted octanol–water partition coefficient (Wildman–Crippen LogP) is 1.20. The molecule has 0 bridgehead atoms. The third-order valence-corrected chi connectivity index (χ3v) is 3.09. The quantitative estimate of drug-likeness (QED) is 0.756. The van der Waals surface area contributed by atoms with E-state index in [4.69, 9.17) is 15.1 Å². The highest BCUT2D eigenvalue weighted by atomic mass is 16.6. The van der Waals surface area contributed by atoms with E-state index in [0.717, 1.165) is 0 Å². The molecule has 1 aliphatic rings. The number of hydrogen-bond acceptors (Lipinski definition) is 5. The molecule has 118 valence electrons. The highest BCUT2D eigenvalue weighted by Crippen LogP contribution is 2.20. The lowest BCUT2D eigenvalue weighted by molar-refractivity contribution is -0.138. The minimum atomic E-state index is -0.866. The third kappa shape index (κ3) is 6.95. The van der Waals surface area contributed by atoms with Gasteiger partial charge in [-0.15, -0.1) is 0 Å². The number of rotatable bonds is 4. The number of carbonyl (C=O) groups is 2. The number of nitriles is 1. The number of amides is 1. The average Bonchev–Trinajstić information content (AvgIpc) is 2.24. The van der Waals surface area contributed by atoms with Crippen LogP contribution in [0, 0.1) is 17.2 Å². The number of ether oxygens (including phenoxy) is 1. The second-order valence-corrected chi connectivity index (χ2v) is 6.39. The summed E-state index contributed by atoms with van der Waals surface area (Å²) in [5.74, 6) is -0.945. The van der Waals surface area contributed by atoms with Crippen molar-refractivity contribution < 1.29 is 19.4 Å². The number of nitrogens with one attached hydrogen (secondary N) is 1. The molecule has 1 amide bonds. The van der Waals surface area contributed by atoms with Gasteiger partial charge in [0.1, 0.15) is 5.60 Å². The normalized spacial score (nSPS) is 23.1. The fourth-order valence-electron chi connectivity index (χ4n) is 2.51. The lowest BCUT2D eigenvalue weighted by Crippen LogP contribution is -2.52. The predicted molar refractivity (Wildman–Crippen MR) is 75.6 cm³/mol. The third-order valence-electron chi connectivity index (χ3n) is 3.09. The maximum atomic E-state index is 11.8. The van der Waals surface area contributed by atoms with E-state index < -0.39 is 17.7 Å². The summed E-state index contributed by atoms with van der Waals surface area (Å²) in [5.41, 5.74) is -0.578. The fraction of sp³-hybridized carbons (Fsp3) is 0.786. The number of carboxylic acid groups (broad SMARTS) is 1. The van der Waals surface area contributed by atoms with Crippen molar-refractivity contribution in [2.75, 3.05) is 19.6 Å². The Morgan fingerprint density at radius 1 is 1.43 bits per heavy atom. The van der Waals surface area contributed by atoms with Gasteiger partial charge in [0.25, 0.3) is 0 Å². The van der Waals surface area contributed by atoms with Crippen molar-refractivity contribution in [2.24, 2.45) is 5.92 Å². The number of nitrogens with zero attached hydrogens (tertiary/aromatic N) is 2. The van der Waals surface area contributed by atoms with E-state index >= 15 is 0 Å². The van der Waals surface area contributed by atoms with Crippen LogP contribution in [-0.2, 0) is 9.53 Å². The van der Waals surface area contributed by atoms with Crippen LogP contribution in [0.1, 0.15) is 33.6 Å². The first-order valence-corrected chi connectivity index (χ1v) is 7.00. The lowest BCUT2D eigenvalue weighted by Gasteiger charge is -2.36. The summed E-state index contributed by atoms with van der Waals surface area (Å²) in [7, 11) is 0. The minimum Gasteiger partial charge on any atom is -0.481 e. The van der Waals surface area contributed by atoms with Crippen LogP contribution in [-0.4, -0.2) is 53.3 Å². The highest BCUT2D eigenvalue weighted by molar-refractivity contribution is 5.68. The van der Waals surface area contributed by atoms with Gasteiger partial charge in [-0.1, -0.05) is 0 Å². The summed E-state index contributed by atoms with van der Waals surface area (Å²) in [6.07, 6.45) is 0.0995. The zero-order valence-corrected chi connectivity index (χ0v) is 12.8. The van der Waals surface area contributed by atoms with E-state index in [0.29, 0.717) is 19.5 Å². The molecule has 0 aromatic carbocycles. The Labute approximate surface area is 124 Å². The molecular weight excluding hydrogens is 274 g/mol. The first-order valence-electron chi connectivity index (χ1n) is 7.00. The van der Waals surface area contributed by atoms with Gasteiger partial charge in [-0.2, -0.15) is 5.26 Å². The molecule has 2 unspecified atom stereocenters. The number of carboxylic acids is 1. The largest absolute Gasteiger partial charge is 0.481 e. The van der Waals surface area contributed by atoms with Crippen molar-refractivity contribution in [3.63, 3.8) is 0 Å². The van der Waals surface area contributed by atoms with E-state index in [-0.39, 0.29) is 24.9 Å². The molecule has 0 aliphatic carbocycles. The summed E-state index contributed by atoms with van der Waals surface area (Å²) < 4.78 is 5.20. The smallest absolute Gasteiger partial charge is 0.407 e. The Kier molecular flexibility index (Phi) is 5.97. The monoisotopic (exact) mass is 297 g/mol. The number of alkyl carbamates (subject to hydrolysis) is 1. The maximum Gasteiger partial charge on any atom is 0.407 e. The molecule has 0 aromatic heterocycles. The summed E-state index contributed by atoms with van der Waals surface area (Å²) in [4.78, 5) is 24.5. The van der Waals surface area contributed by atoms with Gasteiger partial charge in [0, 0.05) is 25.6 Å². The van der Waals surface area contributed by atoms with Crippen LogP contribution in [0.2, 0.25) is 0 Å². The second kappa shape index (κ2) is 7.27. The molecule has 0 spiro atoms. The Balaban J connectivity index is 2.60. The van der Waals surface area contributed by atoms with Crippen LogP contribution < -0.4 is 5.32 Å². The topological polar surface area (TPSA) is 103 Å². The Hall–Kier alpha value is -1.81. The molecular formula is C14H23N3O4. The number of aliphatic carboxylic acids is 1. The number of piperidine rings is 1. The van der Waals surface area contributed by atoms with Crippen molar-refractivity contribution in [1.82, 2.24) is 10.2 Å². The molecule has 21 heavy (non-hydrogen) atoms.